The third-order valence-electron chi connectivity index (χ3n) is 3.72. The van der Waals surface area contributed by atoms with Crippen LogP contribution in [0.1, 0.15) is 33.6 Å². The minimum Gasteiger partial charge on any atom is -0.349 e. The van der Waals surface area contributed by atoms with Gasteiger partial charge in [-0.25, -0.2) is 0 Å². The third-order valence-corrected chi connectivity index (χ3v) is 3.72. The van der Waals surface area contributed by atoms with E-state index < -0.39 is 0 Å². The van der Waals surface area contributed by atoms with E-state index in [1.807, 2.05) is 38.0 Å². The smallest absolute Gasteiger partial charge is 0.261 e. The lowest BCUT2D eigenvalue weighted by molar-refractivity contribution is 0.0652. The Morgan fingerprint density at radius 2 is 1.48 bits per heavy atom. The van der Waals surface area contributed by atoms with Gasteiger partial charge in [-0.15, -0.1) is 0 Å². The van der Waals surface area contributed by atoms with Gasteiger partial charge in [-0.2, -0.15) is 0 Å². The minimum atomic E-state index is -0.184. The van der Waals surface area contributed by atoms with Gasteiger partial charge < -0.3 is 9.80 Å². The summed E-state index contributed by atoms with van der Waals surface area (Å²) in [4.78, 5) is 34.3. The molecule has 0 radical (unpaired) electrons. The second-order valence-corrected chi connectivity index (χ2v) is 5.99. The highest BCUT2D eigenvalue weighted by Crippen LogP contribution is 2.22. The first-order chi connectivity index (χ1) is 10.9. The average Bonchev–Trinajstić information content (AvgIpc) is 2.75. The molecule has 0 unspecified atom stereocenters. The molecule has 1 aliphatic rings. The van der Waals surface area contributed by atoms with Crippen LogP contribution in [-0.4, -0.2) is 73.8 Å². The summed E-state index contributed by atoms with van der Waals surface area (Å²) in [7, 11) is 7.82. The number of hydrogen-bond acceptors (Lipinski definition) is 3. The molecule has 6 nitrogen and oxygen atoms in total. The summed E-state index contributed by atoms with van der Waals surface area (Å²) < 4.78 is 0. The molecular weight excluding hydrogens is 292 g/mol. The van der Waals surface area contributed by atoms with Crippen LogP contribution < -0.4 is 0 Å². The van der Waals surface area contributed by atoms with E-state index >= 15 is 0 Å². The van der Waals surface area contributed by atoms with Crippen molar-refractivity contribution in [3.8, 4) is 0 Å². The van der Waals surface area contributed by atoms with E-state index in [2.05, 4.69) is 4.99 Å². The lowest BCUT2D eigenvalue weighted by Gasteiger charge is -2.22. The fourth-order valence-corrected chi connectivity index (χ4v) is 2.69. The van der Waals surface area contributed by atoms with Gasteiger partial charge in [0.25, 0.3) is 11.8 Å². The topological polar surface area (TPSA) is 56.2 Å². The zero-order chi connectivity index (χ0) is 17.0. The van der Waals surface area contributed by atoms with Gasteiger partial charge in [0.1, 0.15) is 0 Å². The van der Waals surface area contributed by atoms with Gasteiger partial charge in [0.2, 0.25) is 0 Å². The monoisotopic (exact) mass is 316 g/mol. The van der Waals surface area contributed by atoms with Gasteiger partial charge in [0.05, 0.1) is 11.1 Å². The van der Waals surface area contributed by atoms with E-state index in [0.29, 0.717) is 24.2 Å². The molecule has 0 spiro atoms. The van der Waals surface area contributed by atoms with E-state index in [-0.39, 0.29) is 11.8 Å². The number of nitrogens with zero attached hydrogens (tertiary/aromatic N) is 4. The Bertz CT molecular complexity index is 578. The molecular formula is C17H24N4O2. The Morgan fingerprint density at radius 3 is 1.96 bits per heavy atom. The van der Waals surface area contributed by atoms with Crippen molar-refractivity contribution in [3.05, 3.63) is 35.4 Å². The molecule has 1 aromatic rings. The maximum Gasteiger partial charge on any atom is 0.261 e. The van der Waals surface area contributed by atoms with Crippen molar-refractivity contribution in [1.82, 2.24) is 14.7 Å². The Kier molecular flexibility index (Phi) is 5.36. The zero-order valence-electron chi connectivity index (χ0n) is 14.2. The Morgan fingerprint density at radius 1 is 0.957 bits per heavy atom. The molecule has 6 heteroatoms. The van der Waals surface area contributed by atoms with Gasteiger partial charge in [-0.3, -0.25) is 19.5 Å². The van der Waals surface area contributed by atoms with Crippen LogP contribution in [0.15, 0.2) is 29.3 Å². The van der Waals surface area contributed by atoms with E-state index in [4.69, 9.17) is 0 Å². The average molecular weight is 316 g/mol. The van der Waals surface area contributed by atoms with Crippen molar-refractivity contribution in [2.24, 2.45) is 4.99 Å². The van der Waals surface area contributed by atoms with Crippen LogP contribution >= 0.6 is 0 Å². The summed E-state index contributed by atoms with van der Waals surface area (Å²) in [6.07, 6.45) is 1.59. The van der Waals surface area contributed by atoms with Crippen molar-refractivity contribution < 1.29 is 9.59 Å². The predicted octanol–water partition coefficient (Wildman–Crippen LogP) is 1.54. The number of fused-ring (bicyclic) bond motifs is 1. The molecule has 1 heterocycles. The van der Waals surface area contributed by atoms with Gasteiger partial charge in [-0.1, -0.05) is 12.1 Å². The van der Waals surface area contributed by atoms with Crippen LogP contribution in [0.2, 0.25) is 0 Å². The molecule has 2 rings (SSSR count). The molecule has 2 amide bonds. The maximum absolute atomic E-state index is 12.2. The normalized spacial score (nSPS) is 13.1. The van der Waals surface area contributed by atoms with E-state index in [1.54, 1.807) is 24.3 Å². The number of hydrogen-bond donors (Lipinski definition) is 0. The lowest BCUT2D eigenvalue weighted by Crippen LogP contribution is -2.35. The van der Waals surface area contributed by atoms with E-state index in [9.17, 15) is 9.59 Å². The molecule has 0 aliphatic carbocycles. The number of imide groups is 1. The predicted molar refractivity (Wildman–Crippen MR) is 90.7 cm³/mol. The van der Waals surface area contributed by atoms with E-state index in [1.165, 1.54) is 4.90 Å². The van der Waals surface area contributed by atoms with Crippen LogP contribution in [-0.2, 0) is 0 Å². The lowest BCUT2D eigenvalue weighted by atomic mass is 10.1. The molecule has 0 saturated heterocycles. The van der Waals surface area contributed by atoms with Crippen molar-refractivity contribution >= 4 is 17.8 Å². The summed E-state index contributed by atoms with van der Waals surface area (Å²) in [5.41, 5.74) is 1.02. The first kappa shape index (κ1) is 17.0. The summed E-state index contributed by atoms with van der Waals surface area (Å²) in [6.45, 7) is 1.12. The fourth-order valence-electron chi connectivity index (χ4n) is 2.69. The quantitative estimate of drug-likeness (QED) is 0.358. The third kappa shape index (κ3) is 3.70. The highest BCUT2D eigenvalue weighted by Gasteiger charge is 2.34. The molecule has 0 bridgehead atoms. The van der Waals surface area contributed by atoms with Crippen LogP contribution in [0.4, 0.5) is 0 Å². The van der Waals surface area contributed by atoms with Crippen LogP contribution in [0, 0.1) is 0 Å². The highest BCUT2D eigenvalue weighted by molar-refractivity contribution is 6.21. The molecule has 1 aliphatic heterocycles. The van der Waals surface area contributed by atoms with Crippen molar-refractivity contribution in [3.63, 3.8) is 0 Å². The maximum atomic E-state index is 12.2. The molecule has 0 fully saturated rings. The fraction of sp³-hybridized carbons (Fsp3) is 0.471. The number of unbranched alkanes of at least 4 members (excludes halogenated alkanes) is 1. The molecule has 124 valence electrons. The van der Waals surface area contributed by atoms with Crippen molar-refractivity contribution in [2.45, 2.75) is 12.8 Å². The van der Waals surface area contributed by atoms with Crippen LogP contribution in [0.5, 0.6) is 0 Å². The number of amides is 2. The SMILES string of the molecule is CN(C)C(=NCCCCN1C(=O)c2ccccc2C1=O)N(C)C. The first-order valence-corrected chi connectivity index (χ1v) is 7.77. The first-order valence-electron chi connectivity index (χ1n) is 7.77. The minimum absolute atomic E-state index is 0.184. The molecule has 0 aromatic heterocycles. The number of benzene rings is 1. The summed E-state index contributed by atoms with van der Waals surface area (Å²) in [5.74, 6) is 0.540. The summed E-state index contributed by atoms with van der Waals surface area (Å²) in [6, 6.07) is 6.99. The highest BCUT2D eigenvalue weighted by atomic mass is 16.2. The van der Waals surface area contributed by atoms with Gasteiger partial charge in [0, 0.05) is 41.3 Å². The molecule has 23 heavy (non-hydrogen) atoms. The largest absolute Gasteiger partial charge is 0.349 e. The summed E-state index contributed by atoms with van der Waals surface area (Å²) in [5, 5.41) is 0. The zero-order valence-corrected chi connectivity index (χ0v) is 14.2. The Labute approximate surface area is 137 Å². The standard InChI is InChI=1S/C17H24N4O2/c1-19(2)17(20(3)4)18-11-7-8-12-21-15(22)13-9-5-6-10-14(13)16(21)23/h5-6,9-10H,7-8,11-12H2,1-4H3. The molecule has 0 atom stereocenters. The number of aliphatic imine (C=N–C) groups is 1. The van der Waals surface area contributed by atoms with Gasteiger partial charge in [-0.05, 0) is 25.0 Å². The van der Waals surface area contributed by atoms with Gasteiger partial charge in [0.15, 0.2) is 5.96 Å². The number of carbonyl (C=O) groups is 2. The number of guanidine groups is 1. The van der Waals surface area contributed by atoms with Crippen LogP contribution in [0.25, 0.3) is 0 Å². The second-order valence-electron chi connectivity index (χ2n) is 5.99. The number of carbonyl (C=O) groups excluding carboxylic acids is 2. The van der Waals surface area contributed by atoms with E-state index in [0.717, 1.165) is 18.8 Å². The van der Waals surface area contributed by atoms with Gasteiger partial charge >= 0.3 is 0 Å². The van der Waals surface area contributed by atoms with Crippen LogP contribution in [0.3, 0.4) is 0 Å². The van der Waals surface area contributed by atoms with Crippen molar-refractivity contribution in [2.75, 3.05) is 41.3 Å². The molecule has 0 saturated carbocycles. The Balaban J connectivity index is 1.85. The molecule has 0 N–H and O–H groups in total. The van der Waals surface area contributed by atoms with Crippen molar-refractivity contribution in [1.29, 1.82) is 0 Å². The Hall–Kier alpha value is -2.37. The summed E-state index contributed by atoms with van der Waals surface area (Å²) >= 11 is 0. The molecule has 1 aromatic carbocycles. The number of rotatable bonds is 5. The second kappa shape index (κ2) is 7.26.